The molecule has 0 aromatic carbocycles. The average Bonchev–Trinajstić information content (AvgIpc) is 2.30. The van der Waals surface area contributed by atoms with Crippen LogP contribution in [0.5, 0.6) is 0 Å². The molecule has 146 valence electrons. The standard InChI is InChI=1S/C20H32O5Si/c1-18(2,3)25-26(16-12(21)8-19(4,5)9-13(16)22)17-14(23)10-20(6,7)11-15(17)24/h16-17,26H,8-11H2,1-7H3. The summed E-state index contributed by atoms with van der Waals surface area (Å²) in [6, 6.07) is 0. The summed E-state index contributed by atoms with van der Waals surface area (Å²) in [4.78, 5) is 51.4. The molecule has 0 amide bonds. The van der Waals surface area contributed by atoms with Gasteiger partial charge in [-0.25, -0.2) is 0 Å². The van der Waals surface area contributed by atoms with Gasteiger partial charge in [-0.3, -0.25) is 19.2 Å². The van der Waals surface area contributed by atoms with E-state index in [9.17, 15) is 19.2 Å². The fraction of sp³-hybridized carbons (Fsp3) is 0.800. The Balaban J connectivity index is 2.41. The number of ketones is 4. The number of hydrogen-bond donors (Lipinski definition) is 0. The molecule has 2 aliphatic carbocycles. The maximum atomic E-state index is 12.8. The Morgan fingerprint density at radius 2 is 1.00 bits per heavy atom. The number of carbonyl (C=O) groups excluding carboxylic acids is 4. The molecule has 0 unspecified atom stereocenters. The monoisotopic (exact) mass is 380 g/mol. The highest BCUT2D eigenvalue weighted by atomic mass is 28.3. The molecule has 0 heterocycles. The van der Waals surface area contributed by atoms with Crippen molar-refractivity contribution in [3.8, 4) is 0 Å². The highest BCUT2D eigenvalue weighted by Gasteiger charge is 2.54. The molecular formula is C20H32O5Si. The van der Waals surface area contributed by atoms with Crippen LogP contribution in [0.15, 0.2) is 0 Å². The second-order valence-corrected chi connectivity index (χ2v) is 13.0. The van der Waals surface area contributed by atoms with Gasteiger partial charge in [-0.2, -0.15) is 0 Å². The molecule has 26 heavy (non-hydrogen) atoms. The third-order valence-electron chi connectivity index (χ3n) is 5.15. The van der Waals surface area contributed by atoms with Gasteiger partial charge in [0.05, 0.1) is 11.1 Å². The fourth-order valence-corrected chi connectivity index (χ4v) is 7.69. The molecule has 6 heteroatoms. The van der Waals surface area contributed by atoms with Gasteiger partial charge in [0.25, 0.3) is 0 Å². The Morgan fingerprint density at radius 1 is 0.731 bits per heavy atom. The van der Waals surface area contributed by atoms with Crippen molar-refractivity contribution < 1.29 is 23.6 Å². The van der Waals surface area contributed by atoms with E-state index in [0.29, 0.717) is 25.7 Å². The molecule has 2 aliphatic rings. The molecular weight excluding hydrogens is 348 g/mol. The first-order chi connectivity index (χ1) is 11.6. The van der Waals surface area contributed by atoms with Crippen LogP contribution in [-0.2, 0) is 23.6 Å². The molecule has 2 rings (SSSR count). The smallest absolute Gasteiger partial charge is 0.213 e. The summed E-state index contributed by atoms with van der Waals surface area (Å²) in [5, 5.41) is 0. The molecule has 0 N–H and O–H groups in total. The first-order valence-electron chi connectivity index (χ1n) is 9.41. The third-order valence-corrected chi connectivity index (χ3v) is 8.93. The minimum Gasteiger partial charge on any atom is -0.413 e. The first-order valence-corrected chi connectivity index (χ1v) is 11.2. The molecule has 0 aromatic rings. The topological polar surface area (TPSA) is 77.5 Å². The molecule has 0 atom stereocenters. The molecule has 0 saturated heterocycles. The third kappa shape index (κ3) is 4.77. The van der Waals surface area contributed by atoms with Crippen molar-refractivity contribution >= 4 is 32.2 Å². The van der Waals surface area contributed by atoms with Crippen molar-refractivity contribution in [3.63, 3.8) is 0 Å². The lowest BCUT2D eigenvalue weighted by atomic mass is 9.75. The number of Topliss-reactive ketones (excluding diaryl/α,β-unsaturated/α-hetero) is 4. The first kappa shape index (κ1) is 21.2. The molecule has 5 nitrogen and oxygen atoms in total. The van der Waals surface area contributed by atoms with Crippen molar-refractivity contribution in [3.05, 3.63) is 0 Å². The lowest BCUT2D eigenvalue weighted by Crippen LogP contribution is -2.53. The van der Waals surface area contributed by atoms with Crippen LogP contribution >= 0.6 is 0 Å². The maximum Gasteiger partial charge on any atom is 0.213 e. The Bertz CT molecular complexity index is 553. The van der Waals surface area contributed by atoms with Gasteiger partial charge in [0.2, 0.25) is 9.04 Å². The lowest BCUT2D eigenvalue weighted by molar-refractivity contribution is -0.134. The Hall–Kier alpha value is -1.14. The highest BCUT2D eigenvalue weighted by molar-refractivity contribution is 6.73. The predicted octanol–water partition coefficient (Wildman–Crippen LogP) is 3.18. The van der Waals surface area contributed by atoms with Gasteiger partial charge in [-0.1, -0.05) is 27.7 Å². The quantitative estimate of drug-likeness (QED) is 0.555. The summed E-state index contributed by atoms with van der Waals surface area (Å²) in [7, 11) is -2.77. The molecule has 2 saturated carbocycles. The van der Waals surface area contributed by atoms with E-state index in [1.165, 1.54) is 0 Å². The minimum atomic E-state index is -2.77. The van der Waals surface area contributed by atoms with Gasteiger partial charge in [-0.05, 0) is 31.6 Å². The zero-order valence-electron chi connectivity index (χ0n) is 17.1. The van der Waals surface area contributed by atoms with Crippen molar-refractivity contribution in [2.45, 2.75) is 90.8 Å². The second-order valence-electron chi connectivity index (χ2n) is 10.6. The van der Waals surface area contributed by atoms with E-state index >= 15 is 0 Å². The SMILES string of the molecule is CC1(C)CC(=O)C([SiH](OC(C)(C)C)C2C(=O)CC(C)(C)CC2=O)C(=O)C1. The van der Waals surface area contributed by atoms with Crippen molar-refractivity contribution in [1.82, 2.24) is 0 Å². The van der Waals surface area contributed by atoms with E-state index in [-0.39, 0.29) is 34.0 Å². The van der Waals surface area contributed by atoms with Crippen molar-refractivity contribution in [1.29, 1.82) is 0 Å². The van der Waals surface area contributed by atoms with Crippen molar-refractivity contribution in [2.24, 2.45) is 10.8 Å². The number of carbonyl (C=O) groups is 4. The van der Waals surface area contributed by atoms with Crippen LogP contribution in [0.4, 0.5) is 0 Å². The molecule has 2 fully saturated rings. The van der Waals surface area contributed by atoms with Crippen LogP contribution in [0.2, 0.25) is 11.1 Å². The fourth-order valence-electron chi connectivity index (χ4n) is 4.28. The van der Waals surface area contributed by atoms with Crippen molar-refractivity contribution in [2.75, 3.05) is 0 Å². The summed E-state index contributed by atoms with van der Waals surface area (Å²) in [6.45, 7) is 13.1. The normalized spacial score (nSPS) is 25.2. The van der Waals surface area contributed by atoms with Crippen LogP contribution in [0.3, 0.4) is 0 Å². The zero-order chi connectivity index (χ0) is 20.1. The Morgan fingerprint density at radius 3 is 1.23 bits per heavy atom. The van der Waals surface area contributed by atoms with Gasteiger partial charge in [-0.15, -0.1) is 0 Å². The predicted molar refractivity (Wildman–Crippen MR) is 102 cm³/mol. The number of rotatable bonds is 3. The molecule has 0 aromatic heterocycles. The number of hydrogen-bond acceptors (Lipinski definition) is 5. The summed E-state index contributed by atoms with van der Waals surface area (Å²) in [5.41, 5.74) is -3.12. The molecule has 0 radical (unpaired) electrons. The van der Waals surface area contributed by atoms with Crippen LogP contribution in [0.25, 0.3) is 0 Å². The Labute approximate surface area is 158 Å². The van der Waals surface area contributed by atoms with Crippen LogP contribution in [-0.4, -0.2) is 37.8 Å². The maximum absolute atomic E-state index is 12.8. The van der Waals surface area contributed by atoms with Crippen LogP contribution < -0.4 is 0 Å². The summed E-state index contributed by atoms with van der Waals surface area (Å²) >= 11 is 0. The molecule has 0 aliphatic heterocycles. The van der Waals surface area contributed by atoms with Gasteiger partial charge in [0.1, 0.15) is 23.1 Å². The van der Waals surface area contributed by atoms with E-state index in [0.717, 1.165) is 0 Å². The van der Waals surface area contributed by atoms with E-state index in [4.69, 9.17) is 4.43 Å². The zero-order valence-corrected chi connectivity index (χ0v) is 18.3. The van der Waals surface area contributed by atoms with Gasteiger partial charge in [0.15, 0.2) is 0 Å². The van der Waals surface area contributed by atoms with Crippen LogP contribution in [0, 0.1) is 10.8 Å². The molecule has 0 spiro atoms. The van der Waals surface area contributed by atoms with E-state index in [1.54, 1.807) is 0 Å². The van der Waals surface area contributed by atoms with E-state index in [2.05, 4.69) is 0 Å². The lowest BCUT2D eigenvalue weighted by Gasteiger charge is -2.41. The Kier molecular flexibility index (Phi) is 5.52. The van der Waals surface area contributed by atoms with Gasteiger partial charge >= 0.3 is 0 Å². The van der Waals surface area contributed by atoms with Gasteiger partial charge < -0.3 is 4.43 Å². The van der Waals surface area contributed by atoms with E-state index in [1.807, 2.05) is 48.5 Å². The molecule has 0 bridgehead atoms. The highest BCUT2D eigenvalue weighted by Crippen LogP contribution is 2.45. The minimum absolute atomic E-state index is 0.155. The van der Waals surface area contributed by atoms with Gasteiger partial charge in [0, 0.05) is 31.3 Å². The largest absolute Gasteiger partial charge is 0.413 e. The summed E-state index contributed by atoms with van der Waals surface area (Å²) in [6.07, 6.45) is 1.17. The van der Waals surface area contributed by atoms with Crippen LogP contribution in [0.1, 0.15) is 74.1 Å². The van der Waals surface area contributed by atoms with E-state index < -0.39 is 25.7 Å². The summed E-state index contributed by atoms with van der Waals surface area (Å²) < 4.78 is 6.19. The average molecular weight is 381 g/mol. The second kappa shape index (κ2) is 6.79. The summed E-state index contributed by atoms with van der Waals surface area (Å²) in [5.74, 6) is -0.620.